The fourth-order valence-electron chi connectivity index (χ4n) is 4.35. The Balaban J connectivity index is 1.81. The maximum atomic E-state index is 12.6. The van der Waals surface area contributed by atoms with E-state index in [0.717, 1.165) is 11.3 Å². The van der Waals surface area contributed by atoms with Crippen LogP contribution in [0, 0.1) is 0 Å². The highest BCUT2D eigenvalue weighted by Gasteiger charge is 2.47. The summed E-state index contributed by atoms with van der Waals surface area (Å²) in [7, 11) is 1.70. The van der Waals surface area contributed by atoms with Gasteiger partial charge in [-0.05, 0) is 30.5 Å². The average Bonchev–Trinajstić information content (AvgIpc) is 2.80. The van der Waals surface area contributed by atoms with Crippen molar-refractivity contribution in [3.63, 3.8) is 0 Å². The standard InChI is InChI=1S/C18H21NO2/c1-21-16-9-5-8-13-14-10-11-15(20)18(17(13)16)19(14)12-6-3-2-4-7-12/h5,8-12,14,18H,2-4,6-7H2,1H3/t14-,18+/m0/s1. The molecule has 2 bridgehead atoms. The van der Waals surface area contributed by atoms with Crippen molar-refractivity contribution in [2.24, 2.45) is 0 Å². The highest BCUT2D eigenvalue weighted by atomic mass is 16.5. The van der Waals surface area contributed by atoms with Crippen molar-refractivity contribution in [3.8, 4) is 5.75 Å². The first-order chi connectivity index (χ1) is 10.3. The number of carbonyl (C=O) groups excluding carboxylic acids is 1. The molecule has 3 heteroatoms. The van der Waals surface area contributed by atoms with Gasteiger partial charge in [-0.1, -0.05) is 37.5 Å². The molecule has 0 aromatic heterocycles. The maximum Gasteiger partial charge on any atom is 0.177 e. The molecule has 3 nitrogen and oxygen atoms in total. The van der Waals surface area contributed by atoms with Crippen LogP contribution in [0.4, 0.5) is 0 Å². The van der Waals surface area contributed by atoms with Crippen LogP contribution in [0.3, 0.4) is 0 Å². The largest absolute Gasteiger partial charge is 0.496 e. The molecule has 1 fully saturated rings. The molecule has 1 aliphatic carbocycles. The van der Waals surface area contributed by atoms with Crippen LogP contribution in [-0.4, -0.2) is 23.8 Å². The normalized spacial score (nSPS) is 28.7. The number of ether oxygens (including phenoxy) is 1. The van der Waals surface area contributed by atoms with Crippen molar-refractivity contribution in [1.82, 2.24) is 4.90 Å². The van der Waals surface area contributed by atoms with Gasteiger partial charge in [0.2, 0.25) is 0 Å². The number of hydrogen-bond donors (Lipinski definition) is 0. The summed E-state index contributed by atoms with van der Waals surface area (Å²) < 4.78 is 5.54. The number of hydrogen-bond acceptors (Lipinski definition) is 3. The van der Waals surface area contributed by atoms with Gasteiger partial charge in [-0.15, -0.1) is 0 Å². The van der Waals surface area contributed by atoms with Crippen LogP contribution in [0.2, 0.25) is 0 Å². The quantitative estimate of drug-likeness (QED) is 0.831. The SMILES string of the molecule is COc1cccc2c1[C@H]1C(=O)C=C[C@@H]2N1C1CCCCC1. The number of carbonyl (C=O) groups is 1. The van der Waals surface area contributed by atoms with Crippen LogP contribution in [0.1, 0.15) is 55.3 Å². The Morgan fingerprint density at radius 2 is 2.00 bits per heavy atom. The van der Waals surface area contributed by atoms with E-state index in [-0.39, 0.29) is 17.9 Å². The summed E-state index contributed by atoms with van der Waals surface area (Å²) in [4.78, 5) is 15.0. The Kier molecular flexibility index (Phi) is 3.11. The zero-order valence-corrected chi connectivity index (χ0v) is 12.4. The predicted octanol–water partition coefficient (Wildman–Crippen LogP) is 3.56. The third-order valence-electron chi connectivity index (χ3n) is 5.24. The van der Waals surface area contributed by atoms with Crippen LogP contribution in [0.5, 0.6) is 5.75 Å². The molecule has 21 heavy (non-hydrogen) atoms. The molecule has 110 valence electrons. The lowest BCUT2D eigenvalue weighted by Crippen LogP contribution is -2.42. The van der Waals surface area contributed by atoms with Crippen molar-refractivity contribution >= 4 is 5.78 Å². The smallest absolute Gasteiger partial charge is 0.177 e. The van der Waals surface area contributed by atoms with E-state index in [0.29, 0.717) is 6.04 Å². The van der Waals surface area contributed by atoms with Crippen LogP contribution in [0.15, 0.2) is 30.4 Å². The summed E-state index contributed by atoms with van der Waals surface area (Å²) in [6.45, 7) is 0. The molecule has 1 aromatic rings. The predicted molar refractivity (Wildman–Crippen MR) is 81.3 cm³/mol. The van der Waals surface area contributed by atoms with Crippen molar-refractivity contribution in [1.29, 1.82) is 0 Å². The van der Waals surface area contributed by atoms with E-state index in [9.17, 15) is 4.79 Å². The van der Waals surface area contributed by atoms with Crippen molar-refractivity contribution in [2.45, 2.75) is 50.2 Å². The third-order valence-corrected chi connectivity index (χ3v) is 5.24. The molecule has 0 spiro atoms. The number of benzene rings is 1. The number of fused-ring (bicyclic) bond motifs is 5. The lowest BCUT2D eigenvalue weighted by Gasteiger charge is -2.39. The minimum atomic E-state index is -0.130. The molecule has 2 heterocycles. The first-order valence-corrected chi connectivity index (χ1v) is 7.97. The molecule has 2 atom stereocenters. The van der Waals surface area contributed by atoms with Gasteiger partial charge in [0, 0.05) is 11.6 Å². The lowest BCUT2D eigenvalue weighted by molar-refractivity contribution is -0.122. The van der Waals surface area contributed by atoms with Gasteiger partial charge in [-0.25, -0.2) is 0 Å². The molecule has 0 unspecified atom stereocenters. The molecule has 0 radical (unpaired) electrons. The second-order valence-electron chi connectivity index (χ2n) is 6.31. The molecule has 0 amide bonds. The molecule has 1 saturated carbocycles. The summed E-state index contributed by atoms with van der Waals surface area (Å²) >= 11 is 0. The van der Waals surface area contributed by atoms with Crippen LogP contribution >= 0.6 is 0 Å². The Labute approximate surface area is 125 Å². The first kappa shape index (κ1) is 13.1. The van der Waals surface area contributed by atoms with E-state index < -0.39 is 0 Å². The van der Waals surface area contributed by atoms with Gasteiger partial charge in [0.05, 0.1) is 13.2 Å². The molecule has 4 rings (SSSR count). The summed E-state index contributed by atoms with van der Waals surface area (Å²) in [5.41, 5.74) is 2.36. The number of ketones is 1. The monoisotopic (exact) mass is 283 g/mol. The van der Waals surface area contributed by atoms with Gasteiger partial charge < -0.3 is 4.74 Å². The lowest BCUT2D eigenvalue weighted by atomic mass is 9.91. The van der Waals surface area contributed by atoms with Gasteiger partial charge in [0.25, 0.3) is 0 Å². The van der Waals surface area contributed by atoms with E-state index in [4.69, 9.17) is 4.74 Å². The second-order valence-corrected chi connectivity index (χ2v) is 6.31. The summed E-state index contributed by atoms with van der Waals surface area (Å²) in [6.07, 6.45) is 10.2. The minimum absolute atomic E-state index is 0.130. The topological polar surface area (TPSA) is 29.5 Å². The second kappa shape index (κ2) is 4.99. The highest BCUT2D eigenvalue weighted by Crippen LogP contribution is 2.52. The molecular weight excluding hydrogens is 262 g/mol. The van der Waals surface area contributed by atoms with Crippen LogP contribution in [-0.2, 0) is 4.79 Å². The van der Waals surface area contributed by atoms with Crippen molar-refractivity contribution < 1.29 is 9.53 Å². The summed E-state index contributed by atoms with van der Waals surface area (Å²) in [5, 5.41) is 0. The molecule has 0 N–H and O–H groups in total. The Morgan fingerprint density at radius 1 is 1.19 bits per heavy atom. The average molecular weight is 283 g/mol. The number of nitrogens with zero attached hydrogens (tertiary/aromatic N) is 1. The van der Waals surface area contributed by atoms with Gasteiger partial charge >= 0.3 is 0 Å². The fraction of sp³-hybridized carbons (Fsp3) is 0.500. The summed E-state index contributed by atoms with van der Waals surface area (Å²) in [6, 6.07) is 6.82. The van der Waals surface area contributed by atoms with Gasteiger partial charge in [-0.2, -0.15) is 0 Å². The van der Waals surface area contributed by atoms with E-state index in [1.54, 1.807) is 13.2 Å². The zero-order chi connectivity index (χ0) is 14.4. The van der Waals surface area contributed by atoms with Crippen LogP contribution < -0.4 is 4.74 Å². The summed E-state index contributed by atoms with van der Waals surface area (Å²) in [5.74, 6) is 1.07. The minimum Gasteiger partial charge on any atom is -0.496 e. The Hall–Kier alpha value is -1.61. The maximum absolute atomic E-state index is 12.6. The zero-order valence-electron chi connectivity index (χ0n) is 12.4. The van der Waals surface area contributed by atoms with E-state index in [1.165, 1.54) is 37.7 Å². The fourth-order valence-corrected chi connectivity index (χ4v) is 4.35. The Morgan fingerprint density at radius 3 is 2.76 bits per heavy atom. The van der Waals surface area contributed by atoms with Gasteiger partial charge in [-0.3, -0.25) is 9.69 Å². The Bertz CT molecular complexity index is 601. The number of methoxy groups -OCH3 is 1. The first-order valence-electron chi connectivity index (χ1n) is 7.97. The van der Waals surface area contributed by atoms with Crippen molar-refractivity contribution in [2.75, 3.05) is 7.11 Å². The molecule has 0 saturated heterocycles. The number of rotatable bonds is 2. The molecule has 3 aliphatic rings. The highest BCUT2D eigenvalue weighted by molar-refractivity contribution is 5.98. The van der Waals surface area contributed by atoms with E-state index >= 15 is 0 Å². The van der Waals surface area contributed by atoms with Gasteiger partial charge in [0.1, 0.15) is 11.8 Å². The van der Waals surface area contributed by atoms with Crippen LogP contribution in [0.25, 0.3) is 0 Å². The van der Waals surface area contributed by atoms with E-state index in [2.05, 4.69) is 17.0 Å². The molecular formula is C18H21NO2. The molecule has 2 aliphatic heterocycles. The van der Waals surface area contributed by atoms with Crippen molar-refractivity contribution in [3.05, 3.63) is 41.5 Å². The third kappa shape index (κ3) is 1.87. The van der Waals surface area contributed by atoms with E-state index in [1.807, 2.05) is 12.1 Å². The molecule has 1 aromatic carbocycles. The van der Waals surface area contributed by atoms with Gasteiger partial charge in [0.15, 0.2) is 5.78 Å².